The van der Waals surface area contributed by atoms with Crippen LogP contribution >= 0.6 is 11.6 Å². The summed E-state index contributed by atoms with van der Waals surface area (Å²) in [5.74, 6) is 1.15. The van der Waals surface area contributed by atoms with Crippen LogP contribution in [0.2, 0.25) is 5.15 Å². The van der Waals surface area contributed by atoms with Crippen molar-refractivity contribution in [3.8, 4) is 28.4 Å². The van der Waals surface area contributed by atoms with Gasteiger partial charge in [-0.1, -0.05) is 29.8 Å². The summed E-state index contributed by atoms with van der Waals surface area (Å²) in [5, 5.41) is 4.77. The first kappa shape index (κ1) is 16.1. The number of ether oxygens (including phenoxy) is 2. The Kier molecular flexibility index (Phi) is 4.53. The van der Waals surface area contributed by atoms with Crippen molar-refractivity contribution in [1.29, 1.82) is 0 Å². The molecular weight excluding hydrogens is 328 g/mol. The standard InChI is InChI=1S/C18H15ClN2O3/c1-23-15-9-8-12(10-16(15)24-2)17-14(11-22)18(19)21(20-17)13-6-4-3-5-7-13/h3-11H,1-2H3. The zero-order chi connectivity index (χ0) is 17.1. The van der Waals surface area contributed by atoms with Crippen LogP contribution in [-0.2, 0) is 0 Å². The number of rotatable bonds is 5. The van der Waals surface area contributed by atoms with E-state index in [0.29, 0.717) is 34.6 Å². The Morgan fingerprint density at radius 2 is 1.75 bits per heavy atom. The van der Waals surface area contributed by atoms with Crippen molar-refractivity contribution in [2.75, 3.05) is 14.2 Å². The smallest absolute Gasteiger partial charge is 0.161 e. The number of hydrogen-bond acceptors (Lipinski definition) is 4. The SMILES string of the molecule is COc1ccc(-c2nn(-c3ccccc3)c(Cl)c2C=O)cc1OC. The molecule has 0 aliphatic rings. The van der Waals surface area contributed by atoms with Gasteiger partial charge in [0.05, 0.1) is 25.5 Å². The van der Waals surface area contributed by atoms with Crippen molar-refractivity contribution < 1.29 is 14.3 Å². The summed E-state index contributed by atoms with van der Waals surface area (Å²) in [6.07, 6.45) is 0.709. The molecule has 1 heterocycles. The van der Waals surface area contributed by atoms with Crippen LogP contribution in [0.5, 0.6) is 11.5 Å². The summed E-state index contributed by atoms with van der Waals surface area (Å²) >= 11 is 6.36. The number of methoxy groups -OCH3 is 2. The predicted octanol–water partition coefficient (Wildman–Crippen LogP) is 4.02. The number of benzene rings is 2. The lowest BCUT2D eigenvalue weighted by Gasteiger charge is -2.08. The van der Waals surface area contributed by atoms with Crippen LogP contribution in [0.1, 0.15) is 10.4 Å². The normalized spacial score (nSPS) is 10.5. The topological polar surface area (TPSA) is 53.4 Å². The summed E-state index contributed by atoms with van der Waals surface area (Å²) in [6.45, 7) is 0. The van der Waals surface area contributed by atoms with Crippen molar-refractivity contribution in [2.24, 2.45) is 0 Å². The van der Waals surface area contributed by atoms with E-state index in [2.05, 4.69) is 5.10 Å². The molecule has 0 N–H and O–H groups in total. The van der Waals surface area contributed by atoms with E-state index >= 15 is 0 Å². The van der Waals surface area contributed by atoms with Crippen molar-refractivity contribution >= 4 is 17.9 Å². The lowest BCUT2D eigenvalue weighted by molar-refractivity contribution is 0.112. The van der Waals surface area contributed by atoms with Crippen LogP contribution in [0.15, 0.2) is 48.5 Å². The van der Waals surface area contributed by atoms with E-state index in [1.54, 1.807) is 26.4 Å². The molecular formula is C18H15ClN2O3. The first-order chi connectivity index (χ1) is 11.7. The van der Waals surface area contributed by atoms with E-state index in [9.17, 15) is 4.79 Å². The third-order valence-electron chi connectivity index (χ3n) is 3.64. The molecule has 1 aromatic heterocycles. The number of carbonyl (C=O) groups excluding carboxylic acids is 1. The molecule has 0 spiro atoms. The second-order valence-corrected chi connectivity index (χ2v) is 5.35. The van der Waals surface area contributed by atoms with Crippen molar-refractivity contribution in [2.45, 2.75) is 0 Å². The van der Waals surface area contributed by atoms with Crippen LogP contribution in [-0.4, -0.2) is 30.3 Å². The Balaban J connectivity index is 2.17. The van der Waals surface area contributed by atoms with Crippen molar-refractivity contribution in [1.82, 2.24) is 9.78 Å². The molecule has 0 saturated heterocycles. The van der Waals surface area contributed by atoms with E-state index in [0.717, 1.165) is 5.69 Å². The van der Waals surface area contributed by atoms with E-state index < -0.39 is 0 Å². The first-order valence-electron chi connectivity index (χ1n) is 7.21. The molecule has 0 bridgehead atoms. The molecule has 122 valence electrons. The Hall–Kier alpha value is -2.79. The van der Waals surface area contributed by atoms with Gasteiger partial charge < -0.3 is 9.47 Å². The van der Waals surface area contributed by atoms with E-state index in [1.165, 1.54) is 4.68 Å². The van der Waals surface area contributed by atoms with Crippen LogP contribution in [0.4, 0.5) is 0 Å². The molecule has 0 radical (unpaired) electrons. The van der Waals surface area contributed by atoms with Crippen LogP contribution in [0, 0.1) is 0 Å². The van der Waals surface area contributed by atoms with Gasteiger partial charge in [0, 0.05) is 5.56 Å². The maximum absolute atomic E-state index is 11.5. The molecule has 0 aliphatic carbocycles. The quantitative estimate of drug-likeness (QED) is 0.657. The van der Waals surface area contributed by atoms with Crippen LogP contribution in [0.25, 0.3) is 16.9 Å². The lowest BCUT2D eigenvalue weighted by Crippen LogP contribution is -1.96. The number of para-hydroxylation sites is 1. The minimum atomic E-state index is 0.265. The van der Waals surface area contributed by atoms with Crippen molar-refractivity contribution in [3.05, 3.63) is 59.2 Å². The summed E-state index contributed by atoms with van der Waals surface area (Å²) in [4.78, 5) is 11.5. The van der Waals surface area contributed by atoms with Gasteiger partial charge in [-0.3, -0.25) is 4.79 Å². The lowest BCUT2D eigenvalue weighted by atomic mass is 10.1. The second kappa shape index (κ2) is 6.76. The van der Waals surface area contributed by atoms with Gasteiger partial charge in [-0.05, 0) is 30.3 Å². The summed E-state index contributed by atoms with van der Waals surface area (Å²) in [5.41, 5.74) is 2.30. The number of hydrogen-bond donors (Lipinski definition) is 0. The highest BCUT2D eigenvalue weighted by Gasteiger charge is 2.19. The van der Waals surface area contributed by atoms with E-state index in [1.807, 2.05) is 36.4 Å². The molecule has 5 nitrogen and oxygen atoms in total. The zero-order valence-corrected chi connectivity index (χ0v) is 13.9. The molecule has 0 saturated carbocycles. The van der Waals surface area contributed by atoms with Crippen LogP contribution < -0.4 is 9.47 Å². The average Bonchev–Trinajstić information content (AvgIpc) is 2.98. The molecule has 0 aliphatic heterocycles. The van der Waals surface area contributed by atoms with Gasteiger partial charge in [0.15, 0.2) is 17.8 Å². The van der Waals surface area contributed by atoms with E-state index in [4.69, 9.17) is 21.1 Å². The van der Waals surface area contributed by atoms with E-state index in [-0.39, 0.29) is 5.15 Å². The number of aromatic nitrogens is 2. The van der Waals surface area contributed by atoms with Gasteiger partial charge in [0.2, 0.25) is 0 Å². The summed E-state index contributed by atoms with van der Waals surface area (Å²) in [7, 11) is 3.12. The molecule has 3 aromatic rings. The highest BCUT2D eigenvalue weighted by Crippen LogP contribution is 2.35. The zero-order valence-electron chi connectivity index (χ0n) is 13.2. The largest absolute Gasteiger partial charge is 0.493 e. The van der Waals surface area contributed by atoms with Gasteiger partial charge in [-0.25, -0.2) is 4.68 Å². The fourth-order valence-electron chi connectivity index (χ4n) is 2.45. The third-order valence-corrected chi connectivity index (χ3v) is 4.00. The average molecular weight is 343 g/mol. The Morgan fingerprint density at radius 3 is 2.38 bits per heavy atom. The molecule has 24 heavy (non-hydrogen) atoms. The number of halogens is 1. The molecule has 6 heteroatoms. The minimum Gasteiger partial charge on any atom is -0.493 e. The number of carbonyl (C=O) groups is 1. The highest BCUT2D eigenvalue weighted by atomic mass is 35.5. The first-order valence-corrected chi connectivity index (χ1v) is 7.59. The number of nitrogens with zero attached hydrogens (tertiary/aromatic N) is 2. The summed E-state index contributed by atoms with van der Waals surface area (Å²) in [6, 6.07) is 14.7. The Bertz CT molecular complexity index is 875. The maximum atomic E-state index is 11.5. The van der Waals surface area contributed by atoms with Gasteiger partial charge in [0.25, 0.3) is 0 Å². The highest BCUT2D eigenvalue weighted by molar-refractivity contribution is 6.32. The Morgan fingerprint density at radius 1 is 1.04 bits per heavy atom. The van der Waals surface area contributed by atoms with Gasteiger partial charge >= 0.3 is 0 Å². The maximum Gasteiger partial charge on any atom is 0.161 e. The predicted molar refractivity (Wildman–Crippen MR) is 92.5 cm³/mol. The third kappa shape index (κ3) is 2.74. The molecule has 0 unspecified atom stereocenters. The van der Waals surface area contributed by atoms with Gasteiger partial charge in [0.1, 0.15) is 10.8 Å². The van der Waals surface area contributed by atoms with Gasteiger partial charge in [-0.2, -0.15) is 5.10 Å². The fourth-order valence-corrected chi connectivity index (χ4v) is 2.72. The van der Waals surface area contributed by atoms with Gasteiger partial charge in [-0.15, -0.1) is 0 Å². The minimum absolute atomic E-state index is 0.265. The molecule has 0 atom stereocenters. The number of aldehydes is 1. The molecule has 0 fully saturated rings. The van der Waals surface area contributed by atoms with Crippen molar-refractivity contribution in [3.63, 3.8) is 0 Å². The summed E-state index contributed by atoms with van der Waals surface area (Å²) < 4.78 is 12.1. The monoisotopic (exact) mass is 342 g/mol. The van der Waals surface area contributed by atoms with Crippen LogP contribution in [0.3, 0.4) is 0 Å². The fraction of sp³-hybridized carbons (Fsp3) is 0.111. The molecule has 2 aromatic carbocycles. The Labute approximate surface area is 144 Å². The second-order valence-electron chi connectivity index (χ2n) is 4.99. The molecule has 3 rings (SSSR count). The molecule has 0 amide bonds.